The molecule has 0 saturated carbocycles. The van der Waals surface area contributed by atoms with E-state index in [0.717, 1.165) is 5.56 Å². The van der Waals surface area contributed by atoms with Crippen molar-refractivity contribution in [2.45, 2.75) is 6.92 Å². The van der Waals surface area contributed by atoms with Gasteiger partial charge in [-0.15, -0.1) is 0 Å². The molecule has 0 aliphatic carbocycles. The highest BCUT2D eigenvalue weighted by Crippen LogP contribution is 2.14. The Morgan fingerprint density at radius 1 is 1.73 bits per heavy atom. The Bertz CT molecular complexity index is 281. The van der Waals surface area contributed by atoms with Crippen molar-refractivity contribution in [3.63, 3.8) is 0 Å². The first-order chi connectivity index (χ1) is 5.24. The summed E-state index contributed by atoms with van der Waals surface area (Å²) in [6.45, 7) is 1.98. The number of rotatable bonds is 1. The van der Waals surface area contributed by atoms with Crippen LogP contribution < -0.4 is 5.73 Å². The maximum Gasteiger partial charge on any atom is 0.0833 e. The molecule has 2 N–H and O–H groups in total. The van der Waals surface area contributed by atoms with Crippen molar-refractivity contribution in [2.75, 3.05) is 0 Å². The average Bonchev–Trinajstić information content (AvgIpc) is 2.03. The fraction of sp³-hybridized carbons (Fsp3) is 0.125. The topological polar surface area (TPSA) is 38.9 Å². The Hall–Kier alpha value is -1.02. The molecule has 0 aliphatic heterocycles. The van der Waals surface area contributed by atoms with E-state index in [4.69, 9.17) is 17.3 Å². The van der Waals surface area contributed by atoms with Crippen molar-refractivity contribution >= 4 is 16.6 Å². The van der Waals surface area contributed by atoms with E-state index in [1.165, 1.54) is 6.20 Å². The molecule has 1 aromatic heterocycles. The van der Waals surface area contributed by atoms with Gasteiger partial charge in [-0.2, -0.15) is 0 Å². The third-order valence-electron chi connectivity index (χ3n) is 1.31. The lowest BCUT2D eigenvalue weighted by atomic mass is 10.2. The van der Waals surface area contributed by atoms with Crippen LogP contribution in [0.5, 0.6) is 0 Å². The van der Waals surface area contributed by atoms with Crippen molar-refractivity contribution in [3.8, 4) is 0 Å². The molecule has 1 heterocycles. The van der Waals surface area contributed by atoms with E-state index in [-0.39, 0.29) is 0 Å². The molecule has 0 atom stereocenters. The quantitative estimate of drug-likeness (QED) is 0.696. The number of aromatic nitrogens is 1. The van der Waals surface area contributed by atoms with Crippen molar-refractivity contribution in [1.29, 1.82) is 0 Å². The number of nitrogens with two attached hydrogens (primary N) is 1. The Morgan fingerprint density at radius 3 is 3.00 bits per heavy atom. The standard InChI is InChI=1S/C8H9ClN2/c1-6-2-3-11-8(4-6)7(9)5-10/h2-5H,10H2,1H3/b7-5+. The highest BCUT2D eigenvalue weighted by atomic mass is 35.5. The summed E-state index contributed by atoms with van der Waals surface area (Å²) >= 11 is 5.74. The van der Waals surface area contributed by atoms with Crippen LogP contribution in [-0.2, 0) is 0 Å². The predicted octanol–water partition coefficient (Wildman–Crippen LogP) is 1.89. The first-order valence-corrected chi connectivity index (χ1v) is 3.62. The van der Waals surface area contributed by atoms with Gasteiger partial charge in [-0.05, 0) is 24.6 Å². The van der Waals surface area contributed by atoms with E-state index in [2.05, 4.69) is 4.98 Å². The number of nitrogens with zero attached hydrogens (tertiary/aromatic N) is 1. The Morgan fingerprint density at radius 2 is 2.45 bits per heavy atom. The molecule has 11 heavy (non-hydrogen) atoms. The zero-order valence-corrected chi connectivity index (χ0v) is 6.97. The molecule has 0 radical (unpaired) electrons. The molecule has 0 fully saturated rings. The number of pyridine rings is 1. The number of halogens is 1. The van der Waals surface area contributed by atoms with Crippen molar-refractivity contribution < 1.29 is 0 Å². The van der Waals surface area contributed by atoms with E-state index >= 15 is 0 Å². The molecule has 0 spiro atoms. The molecule has 0 unspecified atom stereocenters. The summed E-state index contributed by atoms with van der Waals surface area (Å²) in [7, 11) is 0. The summed E-state index contributed by atoms with van der Waals surface area (Å²) in [5.74, 6) is 0. The second-order valence-electron chi connectivity index (χ2n) is 2.23. The monoisotopic (exact) mass is 168 g/mol. The largest absolute Gasteiger partial charge is 0.403 e. The van der Waals surface area contributed by atoms with Gasteiger partial charge in [0, 0.05) is 12.4 Å². The fourth-order valence-electron chi connectivity index (χ4n) is 0.752. The van der Waals surface area contributed by atoms with Gasteiger partial charge in [0.15, 0.2) is 0 Å². The van der Waals surface area contributed by atoms with Gasteiger partial charge in [-0.1, -0.05) is 11.6 Å². The molecule has 0 aliphatic rings. The fourth-order valence-corrected chi connectivity index (χ4v) is 0.856. The lowest BCUT2D eigenvalue weighted by Gasteiger charge is -1.97. The third-order valence-corrected chi connectivity index (χ3v) is 1.63. The lowest BCUT2D eigenvalue weighted by Crippen LogP contribution is -1.87. The summed E-state index contributed by atoms with van der Waals surface area (Å²) in [5, 5.41) is 0.480. The lowest BCUT2D eigenvalue weighted by molar-refractivity contribution is 1.25. The van der Waals surface area contributed by atoms with Gasteiger partial charge in [-0.3, -0.25) is 4.98 Å². The highest BCUT2D eigenvalue weighted by molar-refractivity contribution is 6.48. The van der Waals surface area contributed by atoms with Crippen LogP contribution in [0.25, 0.3) is 5.03 Å². The first kappa shape index (κ1) is 8.08. The minimum atomic E-state index is 0.480. The molecule has 0 amide bonds. The minimum absolute atomic E-state index is 0.480. The zero-order valence-electron chi connectivity index (χ0n) is 6.21. The number of hydrogen-bond acceptors (Lipinski definition) is 2. The Kier molecular flexibility index (Phi) is 2.49. The van der Waals surface area contributed by atoms with E-state index in [1.807, 2.05) is 19.1 Å². The van der Waals surface area contributed by atoms with Crippen molar-refractivity contribution in [3.05, 3.63) is 35.8 Å². The molecule has 0 saturated heterocycles. The molecule has 58 valence electrons. The van der Waals surface area contributed by atoms with E-state index in [9.17, 15) is 0 Å². The van der Waals surface area contributed by atoms with Gasteiger partial charge in [0.05, 0.1) is 10.7 Å². The molecular weight excluding hydrogens is 160 g/mol. The summed E-state index contributed by atoms with van der Waals surface area (Å²) < 4.78 is 0. The van der Waals surface area contributed by atoms with Crippen molar-refractivity contribution in [2.24, 2.45) is 5.73 Å². The van der Waals surface area contributed by atoms with Crippen LogP contribution in [0.4, 0.5) is 0 Å². The smallest absolute Gasteiger partial charge is 0.0833 e. The maximum atomic E-state index is 5.74. The normalized spacial score (nSPS) is 11.6. The summed E-state index contributed by atoms with van der Waals surface area (Å²) in [6, 6.07) is 3.79. The minimum Gasteiger partial charge on any atom is -0.403 e. The van der Waals surface area contributed by atoms with Crippen LogP contribution >= 0.6 is 11.6 Å². The van der Waals surface area contributed by atoms with Gasteiger partial charge >= 0.3 is 0 Å². The molecule has 3 heteroatoms. The van der Waals surface area contributed by atoms with E-state index in [1.54, 1.807) is 6.20 Å². The average molecular weight is 169 g/mol. The zero-order chi connectivity index (χ0) is 8.27. The molecule has 0 bridgehead atoms. The van der Waals surface area contributed by atoms with Gasteiger partial charge in [0.1, 0.15) is 0 Å². The predicted molar refractivity (Wildman–Crippen MR) is 47.0 cm³/mol. The SMILES string of the molecule is Cc1ccnc(/C(Cl)=C\N)c1. The maximum absolute atomic E-state index is 5.74. The van der Waals surface area contributed by atoms with Crippen molar-refractivity contribution in [1.82, 2.24) is 4.98 Å². The summed E-state index contributed by atoms with van der Waals surface area (Å²) in [6.07, 6.45) is 3.04. The van der Waals surface area contributed by atoms with Gasteiger partial charge < -0.3 is 5.73 Å². The third kappa shape index (κ3) is 1.95. The van der Waals surface area contributed by atoms with Crippen LogP contribution in [0.1, 0.15) is 11.3 Å². The first-order valence-electron chi connectivity index (χ1n) is 3.24. The van der Waals surface area contributed by atoms with Crippen LogP contribution in [0.3, 0.4) is 0 Å². The van der Waals surface area contributed by atoms with Gasteiger partial charge in [0.25, 0.3) is 0 Å². The van der Waals surface area contributed by atoms with Gasteiger partial charge in [0.2, 0.25) is 0 Å². The molecule has 2 nitrogen and oxygen atoms in total. The van der Waals surface area contributed by atoms with E-state index < -0.39 is 0 Å². The van der Waals surface area contributed by atoms with Crippen LogP contribution in [-0.4, -0.2) is 4.98 Å². The Balaban J connectivity index is 3.06. The summed E-state index contributed by atoms with van der Waals surface area (Å²) in [5.41, 5.74) is 7.06. The van der Waals surface area contributed by atoms with Crippen LogP contribution in [0.2, 0.25) is 0 Å². The van der Waals surface area contributed by atoms with Crippen LogP contribution in [0, 0.1) is 6.92 Å². The van der Waals surface area contributed by atoms with E-state index in [0.29, 0.717) is 10.7 Å². The number of hydrogen-bond donors (Lipinski definition) is 1. The molecule has 0 aromatic carbocycles. The second-order valence-corrected chi connectivity index (χ2v) is 2.64. The molecule has 1 rings (SSSR count). The second kappa shape index (κ2) is 3.39. The summed E-state index contributed by atoms with van der Waals surface area (Å²) in [4.78, 5) is 4.03. The number of aryl methyl sites for hydroxylation is 1. The molecular formula is C8H9ClN2. The molecule has 1 aromatic rings. The highest BCUT2D eigenvalue weighted by Gasteiger charge is 1.97. The van der Waals surface area contributed by atoms with Crippen LogP contribution in [0.15, 0.2) is 24.5 Å². The van der Waals surface area contributed by atoms with Gasteiger partial charge in [-0.25, -0.2) is 0 Å². The Labute approximate surface area is 70.7 Å².